The van der Waals surface area contributed by atoms with Crippen molar-refractivity contribution in [3.63, 3.8) is 0 Å². The van der Waals surface area contributed by atoms with Crippen molar-refractivity contribution in [1.29, 1.82) is 0 Å². The predicted octanol–water partition coefficient (Wildman–Crippen LogP) is 4.70. The van der Waals surface area contributed by atoms with Gasteiger partial charge in [0.05, 0.1) is 0 Å². The van der Waals surface area contributed by atoms with Gasteiger partial charge in [-0.25, -0.2) is 0 Å². The molecule has 0 aliphatic carbocycles. The molecule has 4 heteroatoms. The lowest BCUT2D eigenvalue weighted by molar-refractivity contribution is 0.0847. The van der Waals surface area contributed by atoms with Crippen molar-refractivity contribution in [2.75, 3.05) is 5.32 Å². The van der Waals surface area contributed by atoms with Gasteiger partial charge in [0.1, 0.15) is 11.4 Å². The summed E-state index contributed by atoms with van der Waals surface area (Å²) in [6.07, 6.45) is 1.92. The van der Waals surface area contributed by atoms with Gasteiger partial charge in [-0.05, 0) is 74.7 Å². The normalized spacial score (nSPS) is 15.6. The summed E-state index contributed by atoms with van der Waals surface area (Å²) in [5.41, 5.74) is 2.37. The van der Waals surface area contributed by atoms with Gasteiger partial charge in [-0.15, -0.1) is 0 Å². The number of rotatable bonds is 2. The second-order valence-electron chi connectivity index (χ2n) is 6.15. The molecule has 1 aliphatic rings. The van der Waals surface area contributed by atoms with E-state index in [-0.39, 0.29) is 11.5 Å². The number of hydrogen-bond donors (Lipinski definition) is 1. The van der Waals surface area contributed by atoms with Gasteiger partial charge in [-0.3, -0.25) is 4.79 Å². The van der Waals surface area contributed by atoms with Gasteiger partial charge in [-0.2, -0.15) is 0 Å². The van der Waals surface area contributed by atoms with Crippen LogP contribution in [0, 0.1) is 0 Å². The van der Waals surface area contributed by atoms with Crippen molar-refractivity contribution in [3.05, 3.63) is 58.6 Å². The van der Waals surface area contributed by atoms with Gasteiger partial charge >= 0.3 is 0 Å². The Labute approximate surface area is 135 Å². The van der Waals surface area contributed by atoms with E-state index in [0.29, 0.717) is 10.6 Å². The Kier molecular flexibility index (Phi) is 3.83. The zero-order chi connectivity index (χ0) is 15.7. The molecule has 1 N–H and O–H groups in total. The zero-order valence-corrected chi connectivity index (χ0v) is 13.4. The average Bonchev–Trinajstić information content (AvgIpc) is 2.47. The van der Waals surface area contributed by atoms with E-state index in [1.807, 2.05) is 18.2 Å². The number of fused-ring (bicyclic) bond motifs is 1. The van der Waals surface area contributed by atoms with Crippen LogP contribution in [0.3, 0.4) is 0 Å². The number of carbonyl (C=O) groups excluding carboxylic acids is 1. The fourth-order valence-corrected chi connectivity index (χ4v) is 2.67. The number of benzene rings is 2. The molecule has 0 unspecified atom stereocenters. The van der Waals surface area contributed by atoms with Gasteiger partial charge in [0, 0.05) is 16.3 Å². The number of halogens is 1. The van der Waals surface area contributed by atoms with E-state index in [9.17, 15) is 4.79 Å². The van der Waals surface area contributed by atoms with E-state index in [1.54, 1.807) is 24.3 Å². The summed E-state index contributed by atoms with van der Waals surface area (Å²) in [6.45, 7) is 4.18. The van der Waals surface area contributed by atoms with Crippen LogP contribution < -0.4 is 10.1 Å². The summed E-state index contributed by atoms with van der Waals surface area (Å²) in [7, 11) is 0. The maximum Gasteiger partial charge on any atom is 0.255 e. The molecular formula is C18H18ClNO2. The molecular weight excluding hydrogens is 298 g/mol. The van der Waals surface area contributed by atoms with Gasteiger partial charge in [0.15, 0.2) is 0 Å². The van der Waals surface area contributed by atoms with Crippen molar-refractivity contribution < 1.29 is 9.53 Å². The highest BCUT2D eigenvalue weighted by Gasteiger charge is 2.26. The van der Waals surface area contributed by atoms with Crippen molar-refractivity contribution in [1.82, 2.24) is 0 Å². The van der Waals surface area contributed by atoms with Gasteiger partial charge in [-0.1, -0.05) is 11.6 Å². The van der Waals surface area contributed by atoms with Crippen molar-refractivity contribution in [2.24, 2.45) is 0 Å². The van der Waals surface area contributed by atoms with Crippen molar-refractivity contribution >= 4 is 23.2 Å². The second-order valence-corrected chi connectivity index (χ2v) is 6.58. The molecule has 114 valence electrons. The standard InChI is InChI=1S/C18H18ClNO2/c1-18(2)10-9-13-11-15(7-8-16(13)22-18)20-17(21)12-3-5-14(19)6-4-12/h3-8,11H,9-10H2,1-2H3,(H,20,21). The predicted molar refractivity (Wildman–Crippen MR) is 88.9 cm³/mol. The molecule has 0 saturated heterocycles. The lowest BCUT2D eigenvalue weighted by atomic mass is 9.94. The molecule has 2 aromatic rings. The second kappa shape index (κ2) is 5.65. The summed E-state index contributed by atoms with van der Waals surface area (Å²) in [4.78, 5) is 12.2. The van der Waals surface area contributed by atoms with Crippen LogP contribution in [0.1, 0.15) is 36.2 Å². The fraction of sp³-hybridized carbons (Fsp3) is 0.278. The maximum atomic E-state index is 12.2. The molecule has 0 fully saturated rings. The highest BCUT2D eigenvalue weighted by atomic mass is 35.5. The molecule has 0 spiro atoms. The Morgan fingerprint density at radius 3 is 2.64 bits per heavy atom. The number of amides is 1. The Morgan fingerprint density at radius 1 is 1.18 bits per heavy atom. The molecule has 0 radical (unpaired) electrons. The van der Waals surface area contributed by atoms with Gasteiger partial charge in [0.25, 0.3) is 5.91 Å². The third-order valence-corrected chi connectivity index (χ3v) is 4.06. The minimum atomic E-state index is -0.145. The largest absolute Gasteiger partial charge is 0.488 e. The summed E-state index contributed by atoms with van der Waals surface area (Å²) in [6, 6.07) is 12.6. The number of ether oxygens (including phenoxy) is 1. The minimum absolute atomic E-state index is 0.124. The van der Waals surface area contributed by atoms with Crippen LogP contribution in [0.2, 0.25) is 5.02 Å². The Hall–Kier alpha value is -2.00. The van der Waals surface area contributed by atoms with Crippen LogP contribution in [0.15, 0.2) is 42.5 Å². The lowest BCUT2D eigenvalue weighted by Gasteiger charge is -2.32. The van der Waals surface area contributed by atoms with E-state index < -0.39 is 0 Å². The molecule has 0 bridgehead atoms. The minimum Gasteiger partial charge on any atom is -0.488 e. The zero-order valence-electron chi connectivity index (χ0n) is 12.7. The first-order valence-corrected chi connectivity index (χ1v) is 7.70. The van der Waals surface area contributed by atoms with E-state index in [2.05, 4.69) is 19.2 Å². The van der Waals surface area contributed by atoms with Gasteiger partial charge < -0.3 is 10.1 Å². The molecule has 0 saturated carbocycles. The third kappa shape index (κ3) is 3.25. The Balaban J connectivity index is 1.76. The SMILES string of the molecule is CC1(C)CCc2cc(NC(=O)c3ccc(Cl)cc3)ccc2O1. The number of nitrogens with one attached hydrogen (secondary N) is 1. The summed E-state index contributed by atoms with van der Waals surface area (Å²) < 4.78 is 5.95. The van der Waals surface area contributed by atoms with Crippen LogP contribution >= 0.6 is 11.6 Å². The van der Waals surface area contributed by atoms with Crippen LogP contribution in [-0.4, -0.2) is 11.5 Å². The number of aryl methyl sites for hydroxylation is 1. The van der Waals surface area contributed by atoms with Crippen LogP contribution in [0.25, 0.3) is 0 Å². The van der Waals surface area contributed by atoms with Crippen LogP contribution in [0.5, 0.6) is 5.75 Å². The molecule has 3 nitrogen and oxygen atoms in total. The summed E-state index contributed by atoms with van der Waals surface area (Å²) in [5, 5.41) is 3.53. The molecule has 0 atom stereocenters. The molecule has 1 heterocycles. The molecule has 0 aromatic heterocycles. The maximum absolute atomic E-state index is 12.2. The smallest absolute Gasteiger partial charge is 0.255 e. The molecule has 1 amide bonds. The lowest BCUT2D eigenvalue weighted by Crippen LogP contribution is -2.32. The molecule has 2 aromatic carbocycles. The highest BCUT2D eigenvalue weighted by Crippen LogP contribution is 2.34. The first kappa shape index (κ1) is 14.9. The first-order valence-electron chi connectivity index (χ1n) is 7.32. The van der Waals surface area contributed by atoms with E-state index in [1.165, 1.54) is 0 Å². The van der Waals surface area contributed by atoms with E-state index >= 15 is 0 Å². The molecule has 3 rings (SSSR count). The van der Waals surface area contributed by atoms with Gasteiger partial charge in [0.2, 0.25) is 0 Å². The van der Waals surface area contributed by atoms with Crippen molar-refractivity contribution in [3.8, 4) is 5.75 Å². The molecule has 22 heavy (non-hydrogen) atoms. The van der Waals surface area contributed by atoms with E-state index in [4.69, 9.17) is 16.3 Å². The third-order valence-electron chi connectivity index (χ3n) is 3.81. The highest BCUT2D eigenvalue weighted by molar-refractivity contribution is 6.30. The quantitative estimate of drug-likeness (QED) is 0.872. The van der Waals surface area contributed by atoms with Crippen LogP contribution in [-0.2, 0) is 6.42 Å². The molecule has 1 aliphatic heterocycles. The summed E-state index contributed by atoms with van der Waals surface area (Å²) >= 11 is 5.83. The van der Waals surface area contributed by atoms with Crippen LogP contribution in [0.4, 0.5) is 5.69 Å². The average molecular weight is 316 g/mol. The van der Waals surface area contributed by atoms with Crippen molar-refractivity contribution in [2.45, 2.75) is 32.3 Å². The topological polar surface area (TPSA) is 38.3 Å². The fourth-order valence-electron chi connectivity index (χ4n) is 2.54. The Bertz CT molecular complexity index is 708. The summed E-state index contributed by atoms with van der Waals surface area (Å²) in [5.74, 6) is 0.759. The number of hydrogen-bond acceptors (Lipinski definition) is 2. The number of carbonyl (C=O) groups is 1. The number of anilines is 1. The monoisotopic (exact) mass is 315 g/mol. The first-order chi connectivity index (χ1) is 10.4. The van der Waals surface area contributed by atoms with E-state index in [0.717, 1.165) is 29.8 Å². The Morgan fingerprint density at radius 2 is 1.91 bits per heavy atom.